The first-order valence-electron chi connectivity index (χ1n) is 6.11. The van der Waals surface area contributed by atoms with Gasteiger partial charge in [-0.1, -0.05) is 6.08 Å². The molecule has 0 radical (unpaired) electrons. The number of allylic oxidation sites excluding steroid dienone is 1. The average Bonchev–Trinajstić information content (AvgIpc) is 2.41. The number of rotatable bonds is 6. The summed E-state index contributed by atoms with van der Waals surface area (Å²) < 4.78 is 10.1. The van der Waals surface area contributed by atoms with Crippen molar-refractivity contribution >= 4 is 5.91 Å². The van der Waals surface area contributed by atoms with Crippen molar-refractivity contribution in [3.8, 4) is 0 Å². The van der Waals surface area contributed by atoms with Crippen LogP contribution in [0.25, 0.3) is 0 Å². The summed E-state index contributed by atoms with van der Waals surface area (Å²) >= 11 is 0. The Labute approximate surface area is 111 Å². The number of aliphatic hydroxyl groups is 3. The van der Waals surface area contributed by atoms with Crippen LogP contribution < -0.4 is 5.32 Å². The van der Waals surface area contributed by atoms with E-state index in [0.29, 0.717) is 12.8 Å². The molecule has 7 heteroatoms. The number of ether oxygens (including phenoxy) is 2. The Bertz CT molecular complexity index is 309. The number of methoxy groups -OCH3 is 1. The van der Waals surface area contributed by atoms with Crippen molar-refractivity contribution in [2.24, 2.45) is 0 Å². The molecule has 0 spiro atoms. The zero-order chi connectivity index (χ0) is 14.4. The zero-order valence-electron chi connectivity index (χ0n) is 10.9. The van der Waals surface area contributed by atoms with E-state index in [1.165, 1.54) is 7.11 Å². The smallest absolute Gasteiger partial charge is 0.220 e. The first kappa shape index (κ1) is 16.1. The average molecular weight is 275 g/mol. The van der Waals surface area contributed by atoms with Crippen LogP contribution in [0.1, 0.15) is 12.8 Å². The molecule has 0 aromatic rings. The Morgan fingerprint density at radius 3 is 2.63 bits per heavy atom. The fourth-order valence-electron chi connectivity index (χ4n) is 1.82. The van der Waals surface area contributed by atoms with E-state index in [4.69, 9.17) is 9.47 Å². The second-order valence-electron chi connectivity index (χ2n) is 4.38. The van der Waals surface area contributed by atoms with Crippen molar-refractivity contribution in [1.82, 2.24) is 5.32 Å². The third-order valence-corrected chi connectivity index (χ3v) is 2.98. The molecule has 1 fully saturated rings. The van der Waals surface area contributed by atoms with Gasteiger partial charge in [-0.15, -0.1) is 6.58 Å². The van der Waals surface area contributed by atoms with E-state index in [1.807, 2.05) is 0 Å². The summed E-state index contributed by atoms with van der Waals surface area (Å²) in [5.41, 5.74) is 0. The summed E-state index contributed by atoms with van der Waals surface area (Å²) in [4.78, 5) is 11.4. The number of aliphatic hydroxyl groups excluding tert-OH is 3. The largest absolute Gasteiger partial charge is 0.388 e. The lowest BCUT2D eigenvalue weighted by molar-refractivity contribution is -0.288. The summed E-state index contributed by atoms with van der Waals surface area (Å²) in [5, 5.41) is 31.5. The highest BCUT2D eigenvalue weighted by atomic mass is 16.7. The van der Waals surface area contributed by atoms with Crippen LogP contribution in [0.3, 0.4) is 0 Å². The van der Waals surface area contributed by atoms with Gasteiger partial charge < -0.3 is 30.1 Å². The summed E-state index contributed by atoms with van der Waals surface area (Å²) in [7, 11) is 1.32. The lowest BCUT2D eigenvalue weighted by Gasteiger charge is -2.39. The van der Waals surface area contributed by atoms with Crippen LogP contribution in [0.5, 0.6) is 0 Å². The Morgan fingerprint density at radius 2 is 2.05 bits per heavy atom. The number of carbonyl (C=O) groups excluding carboxylic acids is 1. The molecule has 1 aliphatic heterocycles. The minimum atomic E-state index is -1.38. The second-order valence-corrected chi connectivity index (χ2v) is 4.38. The Morgan fingerprint density at radius 1 is 1.37 bits per heavy atom. The van der Waals surface area contributed by atoms with Crippen LogP contribution in [-0.4, -0.2) is 65.6 Å². The van der Waals surface area contributed by atoms with Crippen LogP contribution in [0, 0.1) is 0 Å². The van der Waals surface area contributed by atoms with Gasteiger partial charge in [0.25, 0.3) is 0 Å². The van der Waals surface area contributed by atoms with Gasteiger partial charge in [0.2, 0.25) is 5.91 Å². The van der Waals surface area contributed by atoms with Crippen LogP contribution in [0.2, 0.25) is 0 Å². The van der Waals surface area contributed by atoms with Gasteiger partial charge in [-0.25, -0.2) is 0 Å². The fourth-order valence-corrected chi connectivity index (χ4v) is 1.82. The maximum Gasteiger partial charge on any atom is 0.220 e. The number of hydrogen-bond donors (Lipinski definition) is 4. The van der Waals surface area contributed by atoms with Crippen molar-refractivity contribution < 1.29 is 29.6 Å². The second kappa shape index (κ2) is 7.56. The molecule has 19 heavy (non-hydrogen) atoms. The van der Waals surface area contributed by atoms with Crippen molar-refractivity contribution in [3.63, 3.8) is 0 Å². The molecule has 0 aromatic heterocycles. The zero-order valence-corrected chi connectivity index (χ0v) is 10.9. The molecule has 4 N–H and O–H groups in total. The minimum absolute atomic E-state index is 0.0286. The molecule has 1 heterocycles. The van der Waals surface area contributed by atoms with E-state index >= 15 is 0 Å². The topological polar surface area (TPSA) is 108 Å². The monoisotopic (exact) mass is 275 g/mol. The van der Waals surface area contributed by atoms with Crippen LogP contribution >= 0.6 is 0 Å². The maximum absolute atomic E-state index is 11.4. The Hall–Kier alpha value is -0.990. The van der Waals surface area contributed by atoms with E-state index in [1.54, 1.807) is 6.08 Å². The summed E-state index contributed by atoms with van der Waals surface area (Å²) in [6, 6.07) is 0. The molecular formula is C12H21NO6. The van der Waals surface area contributed by atoms with E-state index in [9.17, 15) is 20.1 Å². The molecule has 5 atom stereocenters. The van der Waals surface area contributed by atoms with Gasteiger partial charge in [-0.3, -0.25) is 4.79 Å². The van der Waals surface area contributed by atoms with Crippen LogP contribution in [0.4, 0.5) is 0 Å². The number of nitrogens with one attached hydrogen (secondary N) is 1. The van der Waals surface area contributed by atoms with Gasteiger partial charge in [-0.05, 0) is 6.42 Å². The first-order valence-corrected chi connectivity index (χ1v) is 6.11. The molecule has 0 aliphatic carbocycles. The highest BCUT2D eigenvalue weighted by Crippen LogP contribution is 2.21. The molecule has 7 nitrogen and oxygen atoms in total. The molecule has 1 saturated heterocycles. The van der Waals surface area contributed by atoms with E-state index in [-0.39, 0.29) is 12.5 Å². The van der Waals surface area contributed by atoms with E-state index in [2.05, 4.69) is 11.9 Å². The summed E-state index contributed by atoms with van der Waals surface area (Å²) in [5.74, 6) is -0.203. The molecular weight excluding hydrogens is 254 g/mol. The van der Waals surface area contributed by atoms with Crippen molar-refractivity contribution in [3.05, 3.63) is 12.7 Å². The van der Waals surface area contributed by atoms with Crippen molar-refractivity contribution in [1.29, 1.82) is 0 Å². The van der Waals surface area contributed by atoms with Gasteiger partial charge in [0.15, 0.2) is 6.29 Å². The molecule has 1 aliphatic rings. The van der Waals surface area contributed by atoms with Gasteiger partial charge >= 0.3 is 0 Å². The molecule has 0 aromatic carbocycles. The van der Waals surface area contributed by atoms with Gasteiger partial charge in [0.05, 0.1) is 0 Å². The van der Waals surface area contributed by atoms with Gasteiger partial charge in [0.1, 0.15) is 24.4 Å². The van der Waals surface area contributed by atoms with Gasteiger partial charge in [-0.2, -0.15) is 0 Å². The molecule has 0 unspecified atom stereocenters. The minimum Gasteiger partial charge on any atom is -0.388 e. The molecule has 0 saturated carbocycles. The Balaban J connectivity index is 2.48. The maximum atomic E-state index is 11.4. The van der Waals surface area contributed by atoms with Gasteiger partial charge in [0, 0.05) is 20.1 Å². The Kier molecular flexibility index (Phi) is 6.40. The summed E-state index contributed by atoms with van der Waals surface area (Å²) in [6.45, 7) is 3.54. The standard InChI is InChI=1S/C12H21NO6/c1-3-4-5-8(14)13-6-7-9(15)10(16)11(17)12(18-2)19-7/h3,7,9-12,15-17H,1,4-6H2,2H3,(H,13,14)/t7-,9-,10+,11+,12+/m1/s1. The summed E-state index contributed by atoms with van der Waals surface area (Å²) in [6.07, 6.45) is -3.38. The quantitative estimate of drug-likeness (QED) is 0.440. The SMILES string of the molecule is C=CCCC(=O)NC[C@H]1O[C@H](OC)[C@@H](O)[C@@H](O)[C@@H]1O. The lowest BCUT2D eigenvalue weighted by atomic mass is 9.99. The molecule has 0 bridgehead atoms. The first-order chi connectivity index (χ1) is 9.01. The normalized spacial score (nSPS) is 34.8. The highest BCUT2D eigenvalue weighted by Gasteiger charge is 2.43. The van der Waals surface area contributed by atoms with Crippen molar-refractivity contribution in [2.45, 2.75) is 43.5 Å². The predicted octanol–water partition coefficient (Wildman–Crippen LogP) is -1.48. The lowest BCUT2D eigenvalue weighted by Crippen LogP contribution is -2.60. The molecule has 1 amide bonds. The molecule has 1 rings (SSSR count). The van der Waals surface area contributed by atoms with Crippen LogP contribution in [0.15, 0.2) is 12.7 Å². The van der Waals surface area contributed by atoms with E-state index < -0.39 is 30.7 Å². The third kappa shape index (κ3) is 4.26. The van der Waals surface area contributed by atoms with Crippen molar-refractivity contribution in [2.75, 3.05) is 13.7 Å². The number of carbonyl (C=O) groups is 1. The fraction of sp³-hybridized carbons (Fsp3) is 0.750. The number of amides is 1. The van der Waals surface area contributed by atoms with Crippen LogP contribution in [-0.2, 0) is 14.3 Å². The van der Waals surface area contributed by atoms with E-state index in [0.717, 1.165) is 0 Å². The third-order valence-electron chi connectivity index (χ3n) is 2.98. The highest BCUT2D eigenvalue weighted by molar-refractivity contribution is 5.76. The molecule has 110 valence electrons. The number of hydrogen-bond acceptors (Lipinski definition) is 6. The predicted molar refractivity (Wildman–Crippen MR) is 66.1 cm³/mol.